The summed E-state index contributed by atoms with van der Waals surface area (Å²) < 4.78 is 23.0. The van der Waals surface area contributed by atoms with Crippen LogP contribution in [0.4, 0.5) is 5.69 Å². The zero-order valence-electron chi connectivity index (χ0n) is 10.2. The summed E-state index contributed by atoms with van der Waals surface area (Å²) in [5.41, 5.74) is 1.79. The minimum Gasteiger partial charge on any atom is -0.322 e. The third-order valence-corrected chi connectivity index (χ3v) is 4.93. The van der Waals surface area contributed by atoms with Gasteiger partial charge in [0, 0.05) is 11.1 Å². The Bertz CT molecular complexity index is 723. The van der Waals surface area contributed by atoms with Crippen LogP contribution in [0.5, 0.6) is 0 Å². The molecule has 106 valence electrons. The van der Waals surface area contributed by atoms with Gasteiger partial charge in [0.05, 0.1) is 14.2 Å². The number of sulfonamides is 1. The van der Waals surface area contributed by atoms with Gasteiger partial charge in [-0.1, -0.05) is 12.1 Å². The summed E-state index contributed by atoms with van der Waals surface area (Å²) in [5, 5.41) is 9.50. The maximum Gasteiger partial charge on any atom is 0.256 e. The third-order valence-electron chi connectivity index (χ3n) is 2.41. The molecular weight excluding hydrogens is 411 g/mol. The lowest BCUT2D eigenvalue weighted by atomic mass is 10.2. The molecule has 0 aliphatic rings. The van der Waals surface area contributed by atoms with Crippen molar-refractivity contribution in [2.45, 2.75) is 5.75 Å². The minimum atomic E-state index is -3.54. The summed E-state index contributed by atoms with van der Waals surface area (Å²) in [4.78, 5) is 11.9. The Morgan fingerprint density at radius 3 is 2.45 bits per heavy atom. The van der Waals surface area contributed by atoms with Gasteiger partial charge >= 0.3 is 0 Å². The Kier molecular flexibility index (Phi) is 4.78. The number of carbonyl (C=O) groups excluding carboxylic acids is 1. The van der Waals surface area contributed by atoms with Crippen molar-refractivity contribution in [3.63, 3.8) is 0 Å². The number of nitrogens with one attached hydrogen (secondary N) is 1. The number of hydrogen-bond acceptors (Lipinski definition) is 4. The number of thiophene rings is 1. The molecule has 0 unspecified atom stereocenters. The van der Waals surface area contributed by atoms with Gasteiger partial charge in [-0.05, 0) is 46.4 Å². The van der Waals surface area contributed by atoms with Gasteiger partial charge < -0.3 is 5.32 Å². The zero-order chi connectivity index (χ0) is 14.8. The highest BCUT2D eigenvalue weighted by Crippen LogP contribution is 2.18. The van der Waals surface area contributed by atoms with E-state index in [0.717, 1.165) is 2.88 Å². The number of carbonyl (C=O) groups is 1. The van der Waals surface area contributed by atoms with Gasteiger partial charge in [-0.25, -0.2) is 13.6 Å². The number of rotatable bonds is 4. The van der Waals surface area contributed by atoms with E-state index in [0.29, 0.717) is 16.8 Å². The minimum absolute atomic E-state index is 0.191. The fourth-order valence-corrected chi connectivity index (χ4v) is 3.53. The van der Waals surface area contributed by atoms with Crippen molar-refractivity contribution in [1.29, 1.82) is 0 Å². The van der Waals surface area contributed by atoms with Crippen molar-refractivity contribution in [2.75, 3.05) is 5.32 Å². The van der Waals surface area contributed by atoms with Gasteiger partial charge in [-0.15, -0.1) is 11.3 Å². The first-order valence-corrected chi connectivity index (χ1v) is 9.16. The van der Waals surface area contributed by atoms with E-state index < -0.39 is 10.0 Å². The van der Waals surface area contributed by atoms with Crippen molar-refractivity contribution >= 4 is 55.5 Å². The number of hydrogen-bond donors (Lipinski definition) is 2. The molecule has 0 spiro atoms. The van der Waals surface area contributed by atoms with Crippen LogP contribution in [0, 0.1) is 2.88 Å². The summed E-state index contributed by atoms with van der Waals surface area (Å²) in [6.45, 7) is 0. The average molecular weight is 422 g/mol. The number of anilines is 1. The molecule has 0 saturated heterocycles. The Balaban J connectivity index is 2.06. The number of amides is 1. The molecule has 0 radical (unpaired) electrons. The van der Waals surface area contributed by atoms with Crippen LogP contribution in [0.15, 0.2) is 35.7 Å². The summed E-state index contributed by atoms with van der Waals surface area (Å²) in [5.74, 6) is -0.410. The molecule has 2 rings (SSSR count). The van der Waals surface area contributed by atoms with Crippen molar-refractivity contribution in [3.8, 4) is 0 Å². The van der Waals surface area contributed by atoms with E-state index in [4.69, 9.17) is 5.14 Å². The van der Waals surface area contributed by atoms with Crippen molar-refractivity contribution in [3.05, 3.63) is 49.7 Å². The molecule has 2 aromatic rings. The molecule has 1 aromatic heterocycles. The van der Waals surface area contributed by atoms with E-state index in [2.05, 4.69) is 27.9 Å². The van der Waals surface area contributed by atoms with Crippen LogP contribution in [0.1, 0.15) is 15.9 Å². The van der Waals surface area contributed by atoms with Gasteiger partial charge in [0.1, 0.15) is 0 Å². The first kappa shape index (κ1) is 15.4. The molecule has 1 heterocycles. The van der Waals surface area contributed by atoms with Gasteiger partial charge in [0.15, 0.2) is 0 Å². The van der Waals surface area contributed by atoms with Crippen LogP contribution >= 0.6 is 33.9 Å². The maximum absolute atomic E-state index is 11.9. The number of nitrogens with two attached hydrogens (primary N) is 1. The summed E-state index contributed by atoms with van der Waals surface area (Å²) in [7, 11) is -3.54. The van der Waals surface area contributed by atoms with Crippen molar-refractivity contribution in [2.24, 2.45) is 5.14 Å². The van der Waals surface area contributed by atoms with Crippen LogP contribution in [0.25, 0.3) is 0 Å². The fourth-order valence-electron chi connectivity index (χ4n) is 1.55. The smallest absolute Gasteiger partial charge is 0.256 e. The van der Waals surface area contributed by atoms with E-state index >= 15 is 0 Å². The van der Waals surface area contributed by atoms with Gasteiger partial charge in [-0.2, -0.15) is 0 Å². The Hall–Kier alpha value is -0.970. The van der Waals surface area contributed by atoms with E-state index in [-0.39, 0.29) is 11.7 Å². The molecule has 0 saturated carbocycles. The maximum atomic E-state index is 11.9. The molecule has 8 heteroatoms. The third kappa shape index (κ3) is 4.54. The van der Waals surface area contributed by atoms with E-state index in [1.807, 2.05) is 0 Å². The molecule has 1 amide bonds. The van der Waals surface area contributed by atoms with Crippen molar-refractivity contribution < 1.29 is 13.2 Å². The lowest BCUT2D eigenvalue weighted by Gasteiger charge is -2.05. The first-order valence-electron chi connectivity index (χ1n) is 5.48. The van der Waals surface area contributed by atoms with Crippen LogP contribution in [0.2, 0.25) is 0 Å². The summed E-state index contributed by atoms with van der Waals surface area (Å²) in [6.07, 6.45) is 0. The molecule has 1 aromatic carbocycles. The van der Waals surface area contributed by atoms with Gasteiger partial charge in [0.25, 0.3) is 5.91 Å². The molecule has 3 N–H and O–H groups in total. The second kappa shape index (κ2) is 6.20. The molecule has 0 aliphatic heterocycles. The highest BCUT2D eigenvalue weighted by Gasteiger charge is 2.09. The molecular formula is C12H11IN2O3S2. The van der Waals surface area contributed by atoms with Gasteiger partial charge in [0.2, 0.25) is 10.0 Å². The lowest BCUT2D eigenvalue weighted by molar-refractivity contribution is 0.102. The van der Waals surface area contributed by atoms with E-state index in [9.17, 15) is 13.2 Å². The summed E-state index contributed by atoms with van der Waals surface area (Å²) in [6, 6.07) is 8.34. The van der Waals surface area contributed by atoms with Crippen LogP contribution < -0.4 is 10.5 Å². The fraction of sp³-hybridized carbons (Fsp3) is 0.0833. The Morgan fingerprint density at radius 1 is 1.30 bits per heavy atom. The van der Waals surface area contributed by atoms with Crippen LogP contribution in [-0.4, -0.2) is 14.3 Å². The monoisotopic (exact) mass is 422 g/mol. The quantitative estimate of drug-likeness (QED) is 0.742. The zero-order valence-corrected chi connectivity index (χ0v) is 14.0. The summed E-state index contributed by atoms with van der Waals surface area (Å²) >= 11 is 3.65. The van der Waals surface area contributed by atoms with Crippen LogP contribution in [0.3, 0.4) is 0 Å². The molecule has 0 aliphatic carbocycles. The number of halogens is 1. The lowest BCUT2D eigenvalue weighted by Crippen LogP contribution is -2.14. The first-order chi connectivity index (χ1) is 9.33. The SMILES string of the molecule is NS(=O)(=O)Cc1ccc(NC(=O)c2csc(I)c2)cc1. The predicted octanol–water partition coefficient (Wildman–Crippen LogP) is 2.39. The van der Waals surface area contributed by atoms with Crippen LogP contribution in [-0.2, 0) is 15.8 Å². The predicted molar refractivity (Wildman–Crippen MR) is 88.2 cm³/mol. The molecule has 20 heavy (non-hydrogen) atoms. The number of primary sulfonamides is 1. The molecule has 5 nitrogen and oxygen atoms in total. The standard InChI is InChI=1S/C12H11IN2O3S2/c13-11-5-9(6-19-11)12(16)15-10-3-1-8(2-4-10)7-20(14,17)18/h1-6H,7H2,(H,15,16)(H2,14,17,18). The highest BCUT2D eigenvalue weighted by molar-refractivity contribution is 14.1. The molecule has 0 atom stereocenters. The largest absolute Gasteiger partial charge is 0.322 e. The molecule has 0 fully saturated rings. The van der Waals surface area contributed by atoms with E-state index in [1.165, 1.54) is 11.3 Å². The molecule has 0 bridgehead atoms. The second-order valence-electron chi connectivity index (χ2n) is 4.10. The van der Waals surface area contributed by atoms with Crippen molar-refractivity contribution in [1.82, 2.24) is 0 Å². The van der Waals surface area contributed by atoms with E-state index in [1.54, 1.807) is 35.7 Å². The topological polar surface area (TPSA) is 89.3 Å². The highest BCUT2D eigenvalue weighted by atomic mass is 127. The normalized spacial score (nSPS) is 11.3. The number of benzene rings is 1. The Morgan fingerprint density at radius 2 is 1.95 bits per heavy atom. The second-order valence-corrected chi connectivity index (χ2v) is 8.52. The Labute approximate surface area is 134 Å². The van der Waals surface area contributed by atoms with Gasteiger partial charge in [-0.3, -0.25) is 4.79 Å². The average Bonchev–Trinajstić information content (AvgIpc) is 2.77.